The van der Waals surface area contributed by atoms with E-state index in [0.29, 0.717) is 18.4 Å². The fraction of sp³-hybridized carbons (Fsp3) is 0.911. The first-order chi connectivity index (χ1) is 30.2. The smallest absolute Gasteiger partial charge is 0.187 e. The van der Waals surface area contributed by atoms with Crippen molar-refractivity contribution in [2.75, 3.05) is 19.8 Å². The van der Waals surface area contributed by atoms with Gasteiger partial charge in [0.2, 0.25) is 0 Å². The van der Waals surface area contributed by atoms with Crippen LogP contribution in [-0.2, 0) is 37.9 Å². The van der Waals surface area contributed by atoms with E-state index in [9.17, 15) is 56.2 Å². The zero-order chi connectivity index (χ0) is 46.0. The summed E-state index contributed by atoms with van der Waals surface area (Å²) in [5.41, 5.74) is -0.124. The van der Waals surface area contributed by atoms with Gasteiger partial charge in [0, 0.05) is 24.2 Å². The van der Waals surface area contributed by atoms with Crippen molar-refractivity contribution in [2.45, 2.75) is 201 Å². The highest BCUT2D eigenvalue weighted by Crippen LogP contribution is 2.69. The van der Waals surface area contributed by atoms with Crippen molar-refractivity contribution in [3.63, 3.8) is 0 Å². The highest BCUT2D eigenvalue weighted by molar-refractivity contribution is 5.49. The number of fused-ring (bicyclic) bond motifs is 7. The lowest BCUT2D eigenvalue weighted by Crippen LogP contribution is -2.67. The van der Waals surface area contributed by atoms with Gasteiger partial charge in [-0.1, -0.05) is 39.8 Å². The van der Waals surface area contributed by atoms with Crippen LogP contribution in [0.1, 0.15) is 79.6 Å². The van der Waals surface area contributed by atoms with Crippen LogP contribution in [0.4, 0.5) is 0 Å². The predicted molar refractivity (Wildman–Crippen MR) is 217 cm³/mol. The van der Waals surface area contributed by atoms with Crippen LogP contribution in [0.15, 0.2) is 23.3 Å². The van der Waals surface area contributed by atoms with Gasteiger partial charge in [0.15, 0.2) is 24.7 Å². The second-order valence-electron chi connectivity index (χ2n) is 21.0. The Morgan fingerprint density at radius 2 is 1.38 bits per heavy atom. The minimum atomic E-state index is -1.89. The van der Waals surface area contributed by atoms with Crippen molar-refractivity contribution in [3.05, 3.63) is 23.3 Å². The van der Waals surface area contributed by atoms with Crippen LogP contribution in [0.25, 0.3) is 0 Å². The molecule has 0 radical (unpaired) electrons. The predicted octanol–water partition coefficient (Wildman–Crippen LogP) is -1.78. The van der Waals surface area contributed by atoms with E-state index < -0.39 is 134 Å². The zero-order valence-corrected chi connectivity index (χ0v) is 37.1. The molecule has 26 unspecified atom stereocenters. The molecule has 364 valence electrons. The van der Waals surface area contributed by atoms with Crippen molar-refractivity contribution in [3.8, 4) is 0 Å². The Balaban J connectivity index is 0.912. The molecular formula is C45H70O19. The average Bonchev–Trinajstić information content (AvgIpc) is 3.71. The van der Waals surface area contributed by atoms with Gasteiger partial charge in [0.25, 0.3) is 0 Å². The maximum atomic E-state index is 12.6. The van der Waals surface area contributed by atoms with Crippen LogP contribution in [0.3, 0.4) is 0 Å². The number of allylic oxidation sites excluding steroid dienone is 2. The van der Waals surface area contributed by atoms with E-state index in [0.717, 1.165) is 31.3 Å². The minimum Gasteiger partial charge on any atom is -0.394 e. The van der Waals surface area contributed by atoms with Gasteiger partial charge in [-0.2, -0.15) is 0 Å². The van der Waals surface area contributed by atoms with E-state index in [4.69, 9.17) is 37.9 Å². The standard InChI is InChI=1S/C45H70O19/c1-18-6-11-45(57-17-18)19(2)29-25(64-45)12-23-21-7-10-44(56)14-26(24(48)13-43(44,5)22(21)8-9-42(23,29)4)59-40-36(55)37(32(51)28(16-47)60-40)62-41-38(34(53)31(50)27(15-46)61-41)63-39-35(54)33(52)30(49)20(3)58-39/h7-8,18-20,23-41,46-56H,6,9-17H2,1-5H3. The normalized spacial score (nSPS) is 57.3. The van der Waals surface area contributed by atoms with Gasteiger partial charge in [0.05, 0.1) is 49.8 Å². The Kier molecular flexibility index (Phi) is 12.9. The lowest BCUT2D eigenvalue weighted by molar-refractivity contribution is -0.391. The maximum absolute atomic E-state index is 12.6. The lowest BCUT2D eigenvalue weighted by atomic mass is 9.49. The fourth-order valence-electron chi connectivity index (χ4n) is 13.2. The first-order valence-electron chi connectivity index (χ1n) is 23.2. The number of aliphatic hydroxyl groups is 11. The molecule has 0 amide bonds. The van der Waals surface area contributed by atoms with Gasteiger partial charge in [-0.05, 0) is 73.3 Å². The van der Waals surface area contributed by atoms with E-state index in [-0.39, 0.29) is 42.6 Å². The van der Waals surface area contributed by atoms with E-state index in [1.807, 2.05) is 6.92 Å². The molecule has 4 aliphatic carbocycles. The number of hydrogen-bond donors (Lipinski definition) is 11. The van der Waals surface area contributed by atoms with Crippen molar-refractivity contribution in [1.82, 2.24) is 0 Å². The van der Waals surface area contributed by atoms with Crippen molar-refractivity contribution in [2.24, 2.45) is 34.5 Å². The van der Waals surface area contributed by atoms with Crippen molar-refractivity contribution < 1.29 is 94.1 Å². The van der Waals surface area contributed by atoms with Gasteiger partial charge in [-0.15, -0.1) is 0 Å². The number of rotatable bonds is 8. The summed E-state index contributed by atoms with van der Waals surface area (Å²) in [4.78, 5) is 0. The summed E-state index contributed by atoms with van der Waals surface area (Å²) in [7, 11) is 0. The van der Waals surface area contributed by atoms with Crippen LogP contribution < -0.4 is 0 Å². The molecule has 9 rings (SSSR count). The Bertz CT molecular complexity index is 1760. The molecular weight excluding hydrogens is 844 g/mol. The highest BCUT2D eigenvalue weighted by Gasteiger charge is 2.69. The summed E-state index contributed by atoms with van der Waals surface area (Å²) in [5, 5.41) is 121. The largest absolute Gasteiger partial charge is 0.394 e. The third-order valence-corrected chi connectivity index (χ3v) is 17.3. The Morgan fingerprint density at radius 3 is 2.06 bits per heavy atom. The summed E-state index contributed by atoms with van der Waals surface area (Å²) in [6, 6.07) is 0. The van der Waals surface area contributed by atoms with Gasteiger partial charge < -0.3 is 94.1 Å². The number of aliphatic hydroxyl groups excluding tert-OH is 10. The molecule has 5 aliphatic heterocycles. The van der Waals surface area contributed by atoms with E-state index in [1.165, 1.54) is 12.5 Å². The van der Waals surface area contributed by atoms with Gasteiger partial charge >= 0.3 is 0 Å². The van der Waals surface area contributed by atoms with E-state index >= 15 is 0 Å². The average molecular weight is 915 g/mol. The second kappa shape index (κ2) is 17.3. The molecule has 0 aromatic heterocycles. The highest BCUT2D eigenvalue weighted by atomic mass is 16.8. The SMILES string of the molecule is CC1CCC2(OC1)OC1CC3C4=CCC5(O)CC(OC6OC(CO)C(O)C(OC7OC(CO)C(O)C(O)C7OC7OC(C)C(O)C(O)C7O)C6O)C(O)CC5(C)C4=CCC3(C)C1C2C. The molecule has 2 saturated carbocycles. The fourth-order valence-corrected chi connectivity index (χ4v) is 13.2. The lowest BCUT2D eigenvalue weighted by Gasteiger charge is -2.59. The quantitative estimate of drug-likeness (QED) is 0.128. The van der Waals surface area contributed by atoms with Crippen LogP contribution >= 0.6 is 0 Å². The van der Waals surface area contributed by atoms with Crippen molar-refractivity contribution >= 4 is 0 Å². The summed E-state index contributed by atoms with van der Waals surface area (Å²) in [5.74, 6) is 0.670. The Labute approximate surface area is 372 Å². The molecule has 1 spiro atoms. The second-order valence-corrected chi connectivity index (χ2v) is 21.0. The first-order valence-corrected chi connectivity index (χ1v) is 23.2. The molecule has 7 fully saturated rings. The molecule has 11 N–H and O–H groups in total. The molecule has 5 heterocycles. The molecule has 26 atom stereocenters. The van der Waals surface area contributed by atoms with Crippen LogP contribution in [-0.4, -0.2) is 198 Å². The molecule has 19 nitrogen and oxygen atoms in total. The third-order valence-electron chi connectivity index (χ3n) is 17.3. The summed E-state index contributed by atoms with van der Waals surface area (Å²) in [6.07, 6.45) is -18.8. The molecule has 9 aliphatic rings. The molecule has 0 bridgehead atoms. The summed E-state index contributed by atoms with van der Waals surface area (Å²) < 4.78 is 48.6. The van der Waals surface area contributed by atoms with Gasteiger partial charge in [0.1, 0.15) is 67.1 Å². The molecule has 0 aromatic rings. The molecule has 0 aromatic carbocycles. The third kappa shape index (κ3) is 7.43. The number of ether oxygens (including phenoxy) is 8. The van der Waals surface area contributed by atoms with Crippen LogP contribution in [0, 0.1) is 34.5 Å². The molecule has 19 heteroatoms. The van der Waals surface area contributed by atoms with Crippen LogP contribution in [0.5, 0.6) is 0 Å². The topological polar surface area (TPSA) is 296 Å². The first kappa shape index (κ1) is 47.8. The number of hydrogen-bond acceptors (Lipinski definition) is 19. The zero-order valence-electron chi connectivity index (χ0n) is 37.1. The maximum Gasteiger partial charge on any atom is 0.187 e. The van der Waals surface area contributed by atoms with E-state index in [2.05, 4.69) is 32.9 Å². The Morgan fingerprint density at radius 1 is 0.703 bits per heavy atom. The molecule has 64 heavy (non-hydrogen) atoms. The molecule has 5 saturated heterocycles. The summed E-state index contributed by atoms with van der Waals surface area (Å²) in [6.45, 7) is 9.35. The minimum absolute atomic E-state index is 0.0499. The van der Waals surface area contributed by atoms with E-state index in [1.54, 1.807) is 0 Å². The monoisotopic (exact) mass is 914 g/mol. The van der Waals surface area contributed by atoms with Crippen LogP contribution in [0.2, 0.25) is 0 Å². The Hall–Kier alpha value is -1.28. The summed E-state index contributed by atoms with van der Waals surface area (Å²) >= 11 is 0. The van der Waals surface area contributed by atoms with Gasteiger partial charge in [-0.3, -0.25) is 0 Å². The van der Waals surface area contributed by atoms with Crippen molar-refractivity contribution in [1.29, 1.82) is 0 Å². The van der Waals surface area contributed by atoms with Gasteiger partial charge in [-0.25, -0.2) is 0 Å².